The van der Waals surface area contributed by atoms with Gasteiger partial charge in [0.05, 0.1) is 11.9 Å². The summed E-state index contributed by atoms with van der Waals surface area (Å²) >= 11 is 0. The highest BCUT2D eigenvalue weighted by atomic mass is 16.2. The first kappa shape index (κ1) is 17.1. The number of nitrogens with zero attached hydrogens (tertiary/aromatic N) is 6. The average Bonchev–Trinajstić information content (AvgIpc) is 3.03. The molecule has 1 aliphatic rings. The van der Waals surface area contributed by atoms with Crippen LogP contribution in [0.15, 0.2) is 53.7 Å². The Morgan fingerprint density at radius 2 is 1.85 bits per heavy atom. The van der Waals surface area contributed by atoms with Crippen molar-refractivity contribution < 1.29 is 4.79 Å². The van der Waals surface area contributed by atoms with Gasteiger partial charge in [-0.1, -0.05) is 18.2 Å². The number of aryl methyl sites for hydroxylation is 1. The van der Waals surface area contributed by atoms with Gasteiger partial charge in [0.15, 0.2) is 0 Å². The van der Waals surface area contributed by atoms with Crippen LogP contribution in [0.2, 0.25) is 0 Å². The van der Waals surface area contributed by atoms with Crippen LogP contribution in [0.25, 0.3) is 5.69 Å². The number of piperidine rings is 1. The molecule has 3 heterocycles. The number of para-hydroxylation sites is 1. The molecule has 2 aromatic heterocycles. The first-order valence-electron chi connectivity index (χ1n) is 8.92. The number of benzene rings is 1. The van der Waals surface area contributed by atoms with E-state index < -0.39 is 0 Å². The van der Waals surface area contributed by atoms with Crippen LogP contribution >= 0.6 is 0 Å². The lowest BCUT2D eigenvalue weighted by Gasteiger charge is -2.31. The lowest BCUT2D eigenvalue weighted by Crippen LogP contribution is -2.39. The third-order valence-corrected chi connectivity index (χ3v) is 4.89. The number of carbonyl (C=O) groups is 1. The molecule has 8 heteroatoms. The van der Waals surface area contributed by atoms with Gasteiger partial charge in [0.1, 0.15) is 11.5 Å². The van der Waals surface area contributed by atoms with E-state index in [0.29, 0.717) is 18.8 Å². The van der Waals surface area contributed by atoms with E-state index in [0.717, 1.165) is 24.4 Å². The van der Waals surface area contributed by atoms with E-state index in [-0.39, 0.29) is 17.5 Å². The van der Waals surface area contributed by atoms with Crippen molar-refractivity contribution >= 4 is 5.91 Å². The zero-order chi connectivity index (χ0) is 18.8. The Hall–Kier alpha value is -3.29. The zero-order valence-corrected chi connectivity index (χ0v) is 15.0. The van der Waals surface area contributed by atoms with Gasteiger partial charge in [-0.15, -0.1) is 0 Å². The van der Waals surface area contributed by atoms with E-state index in [1.807, 2.05) is 30.3 Å². The van der Waals surface area contributed by atoms with Gasteiger partial charge < -0.3 is 4.90 Å². The molecule has 0 bridgehead atoms. The second-order valence-electron chi connectivity index (χ2n) is 6.59. The molecular weight excluding hydrogens is 344 g/mol. The first-order valence-corrected chi connectivity index (χ1v) is 8.92. The van der Waals surface area contributed by atoms with Crippen LogP contribution in [0.4, 0.5) is 0 Å². The highest BCUT2D eigenvalue weighted by Crippen LogP contribution is 2.28. The second-order valence-corrected chi connectivity index (χ2v) is 6.59. The van der Waals surface area contributed by atoms with Crippen LogP contribution < -0.4 is 5.69 Å². The lowest BCUT2D eigenvalue weighted by molar-refractivity contribution is 0.0704. The van der Waals surface area contributed by atoms with Crippen molar-refractivity contribution in [2.75, 3.05) is 13.1 Å². The monoisotopic (exact) mass is 364 g/mol. The van der Waals surface area contributed by atoms with Crippen molar-refractivity contribution in [2.45, 2.75) is 18.8 Å². The molecule has 8 nitrogen and oxygen atoms in total. The fourth-order valence-corrected chi connectivity index (χ4v) is 3.48. The third kappa shape index (κ3) is 3.25. The van der Waals surface area contributed by atoms with E-state index in [1.165, 1.54) is 17.1 Å². The molecule has 138 valence electrons. The summed E-state index contributed by atoms with van der Waals surface area (Å²) in [6, 6.07) is 9.53. The van der Waals surface area contributed by atoms with Gasteiger partial charge in [0, 0.05) is 38.4 Å². The molecule has 1 saturated heterocycles. The van der Waals surface area contributed by atoms with Crippen LogP contribution in [0.5, 0.6) is 0 Å². The van der Waals surface area contributed by atoms with Gasteiger partial charge in [-0.3, -0.25) is 9.78 Å². The third-order valence-electron chi connectivity index (χ3n) is 4.89. The van der Waals surface area contributed by atoms with Gasteiger partial charge in [0.25, 0.3) is 5.91 Å². The summed E-state index contributed by atoms with van der Waals surface area (Å²) in [7, 11) is 1.66. The molecule has 0 aliphatic carbocycles. The Morgan fingerprint density at radius 3 is 2.52 bits per heavy atom. The summed E-state index contributed by atoms with van der Waals surface area (Å²) in [5, 5.41) is 4.48. The summed E-state index contributed by atoms with van der Waals surface area (Å²) in [6.45, 7) is 1.19. The Morgan fingerprint density at radius 1 is 1.11 bits per heavy atom. The molecule has 4 rings (SSSR count). The standard InChI is InChI=1S/C19H20N6O2/c1-23-19(27)25(15-5-3-2-4-6-15)17(22-23)14-7-11-24(12-8-14)18(26)16-13-20-9-10-21-16/h2-6,9-10,13-14H,7-8,11-12H2,1H3. The summed E-state index contributed by atoms with van der Waals surface area (Å²) in [5.74, 6) is 0.758. The Balaban J connectivity index is 1.55. The molecule has 3 aromatic rings. The van der Waals surface area contributed by atoms with E-state index in [2.05, 4.69) is 15.1 Å². The fourth-order valence-electron chi connectivity index (χ4n) is 3.48. The van der Waals surface area contributed by atoms with E-state index in [4.69, 9.17) is 0 Å². The molecular formula is C19H20N6O2. The molecule has 27 heavy (non-hydrogen) atoms. The molecule has 1 aliphatic heterocycles. The Kier molecular flexibility index (Phi) is 4.53. The van der Waals surface area contributed by atoms with Crippen molar-refractivity contribution in [3.05, 3.63) is 70.9 Å². The predicted octanol–water partition coefficient (Wildman–Crippen LogP) is 1.38. The topological polar surface area (TPSA) is 85.9 Å². The molecule has 1 amide bonds. The summed E-state index contributed by atoms with van der Waals surface area (Å²) in [5.41, 5.74) is 1.01. The van der Waals surface area contributed by atoms with E-state index in [1.54, 1.807) is 22.7 Å². The zero-order valence-electron chi connectivity index (χ0n) is 15.0. The van der Waals surface area contributed by atoms with Crippen LogP contribution in [-0.2, 0) is 7.05 Å². The van der Waals surface area contributed by atoms with Gasteiger partial charge in [-0.05, 0) is 25.0 Å². The minimum absolute atomic E-state index is 0.108. The molecule has 0 radical (unpaired) electrons. The van der Waals surface area contributed by atoms with Crippen molar-refractivity contribution in [1.82, 2.24) is 29.2 Å². The molecule has 1 aromatic carbocycles. The van der Waals surface area contributed by atoms with Gasteiger partial charge >= 0.3 is 5.69 Å². The SMILES string of the molecule is Cn1nc(C2CCN(C(=O)c3cnccn3)CC2)n(-c2ccccc2)c1=O. The Labute approximate surface area is 156 Å². The number of amides is 1. The second kappa shape index (κ2) is 7.14. The number of carbonyl (C=O) groups excluding carboxylic acids is 1. The molecule has 0 spiro atoms. The summed E-state index contributed by atoms with van der Waals surface area (Å²) in [6.07, 6.45) is 6.05. The van der Waals surface area contributed by atoms with Crippen LogP contribution in [0.1, 0.15) is 35.1 Å². The Bertz CT molecular complexity index is 988. The van der Waals surface area contributed by atoms with Crippen molar-refractivity contribution in [3.63, 3.8) is 0 Å². The van der Waals surface area contributed by atoms with Gasteiger partial charge in [0.2, 0.25) is 0 Å². The minimum atomic E-state index is -0.158. The van der Waals surface area contributed by atoms with E-state index >= 15 is 0 Å². The number of hydrogen-bond donors (Lipinski definition) is 0. The van der Waals surface area contributed by atoms with Crippen LogP contribution in [-0.4, -0.2) is 48.2 Å². The van der Waals surface area contributed by atoms with E-state index in [9.17, 15) is 9.59 Å². The van der Waals surface area contributed by atoms with Crippen LogP contribution in [0.3, 0.4) is 0 Å². The average molecular weight is 364 g/mol. The highest BCUT2D eigenvalue weighted by Gasteiger charge is 2.29. The molecule has 0 saturated carbocycles. The van der Waals surface area contributed by atoms with Crippen LogP contribution in [0, 0.1) is 0 Å². The van der Waals surface area contributed by atoms with Crippen molar-refractivity contribution in [2.24, 2.45) is 7.05 Å². The smallest absolute Gasteiger partial charge is 0.337 e. The van der Waals surface area contributed by atoms with Gasteiger partial charge in [-0.25, -0.2) is 19.0 Å². The largest absolute Gasteiger partial charge is 0.350 e. The number of rotatable bonds is 3. The lowest BCUT2D eigenvalue weighted by atomic mass is 9.95. The van der Waals surface area contributed by atoms with Crippen molar-refractivity contribution in [1.29, 1.82) is 0 Å². The van der Waals surface area contributed by atoms with Crippen molar-refractivity contribution in [3.8, 4) is 5.69 Å². The maximum absolute atomic E-state index is 12.6. The minimum Gasteiger partial charge on any atom is -0.337 e. The summed E-state index contributed by atoms with van der Waals surface area (Å²) < 4.78 is 3.05. The maximum Gasteiger partial charge on any atom is 0.350 e. The maximum atomic E-state index is 12.6. The molecule has 0 atom stereocenters. The quantitative estimate of drug-likeness (QED) is 0.701. The summed E-state index contributed by atoms with van der Waals surface area (Å²) in [4.78, 5) is 34.9. The first-order chi connectivity index (χ1) is 13.1. The number of likely N-dealkylation sites (tertiary alicyclic amines) is 1. The van der Waals surface area contributed by atoms with Gasteiger partial charge in [-0.2, -0.15) is 5.10 Å². The molecule has 1 fully saturated rings. The predicted molar refractivity (Wildman–Crippen MR) is 98.7 cm³/mol. The highest BCUT2D eigenvalue weighted by molar-refractivity contribution is 5.92. The number of hydrogen-bond acceptors (Lipinski definition) is 5. The molecule has 0 unspecified atom stereocenters. The molecule has 0 N–H and O–H groups in total. The number of aromatic nitrogens is 5. The fraction of sp³-hybridized carbons (Fsp3) is 0.316. The normalized spacial score (nSPS) is 15.1.